The summed E-state index contributed by atoms with van der Waals surface area (Å²) in [5.41, 5.74) is 2.54. The molecule has 0 unspecified atom stereocenters. The van der Waals surface area contributed by atoms with Crippen LogP contribution in [0.25, 0.3) is 0 Å². The highest BCUT2D eigenvalue weighted by molar-refractivity contribution is 6.59. The molecule has 2 aromatic rings. The molecule has 0 amide bonds. The summed E-state index contributed by atoms with van der Waals surface area (Å²) < 4.78 is 11.8. The molecule has 39 heavy (non-hydrogen) atoms. The largest absolute Gasteiger partial charge is 0.488 e. The van der Waals surface area contributed by atoms with Crippen LogP contribution in [0.3, 0.4) is 0 Å². The van der Waals surface area contributed by atoms with Crippen molar-refractivity contribution >= 4 is 57.9 Å². The molecule has 0 N–H and O–H groups in total. The standard InChI is InChI=1S/C15H12Cl2O3.C15H13ClO3/c1-15(2)6-5-7-9(20-15)4-3-8-10(7)14(19)12(17)11(16)13(8)18;1-15(2)6-5-9-12(19-15)4-3-8-11(17)7-10(16)14(18)13(8)9/h3-4H,5-6H2,1-2H3;3-4,7H,5-6H2,1-2H3. The van der Waals surface area contributed by atoms with Crippen LogP contribution in [0.15, 0.2) is 45.4 Å². The van der Waals surface area contributed by atoms with Crippen molar-refractivity contribution in [2.75, 3.05) is 0 Å². The number of hydrogen-bond donors (Lipinski definition) is 0. The number of carbonyl (C=O) groups excluding carboxylic acids is 4. The van der Waals surface area contributed by atoms with Crippen molar-refractivity contribution in [1.82, 2.24) is 0 Å². The molecule has 0 fully saturated rings. The minimum absolute atomic E-state index is 0.0178. The fourth-order valence-corrected chi connectivity index (χ4v) is 5.77. The Labute approximate surface area is 240 Å². The predicted molar refractivity (Wildman–Crippen MR) is 149 cm³/mol. The maximum Gasteiger partial charge on any atom is 0.207 e. The number of carbonyl (C=O) groups is 4. The van der Waals surface area contributed by atoms with E-state index in [4.69, 9.17) is 44.3 Å². The Balaban J connectivity index is 0.000000158. The lowest BCUT2D eigenvalue weighted by atomic mass is 9.84. The molecule has 4 aliphatic rings. The molecule has 0 spiro atoms. The molecule has 0 radical (unpaired) electrons. The van der Waals surface area contributed by atoms with Crippen molar-refractivity contribution in [3.63, 3.8) is 0 Å². The van der Waals surface area contributed by atoms with Crippen LogP contribution >= 0.6 is 34.8 Å². The molecule has 2 aliphatic carbocycles. The Morgan fingerprint density at radius 2 is 1.10 bits per heavy atom. The SMILES string of the molecule is CC1(C)CCc2c(ccc3c2C(=O)C(Cl)=C(Cl)C3=O)O1.CC1(C)CCc2c(ccc3c2C(=O)C(Cl)=CC3=O)O1. The van der Waals surface area contributed by atoms with Gasteiger partial charge in [0.1, 0.15) is 32.8 Å². The summed E-state index contributed by atoms with van der Waals surface area (Å²) in [7, 11) is 0. The zero-order chi connectivity index (χ0) is 28.4. The van der Waals surface area contributed by atoms with Crippen molar-refractivity contribution in [2.45, 2.75) is 64.6 Å². The van der Waals surface area contributed by atoms with Crippen molar-refractivity contribution in [2.24, 2.45) is 0 Å². The lowest BCUT2D eigenvalue weighted by Gasteiger charge is -2.34. The van der Waals surface area contributed by atoms with Gasteiger partial charge >= 0.3 is 0 Å². The Bertz CT molecular complexity index is 1560. The fraction of sp³-hybridized carbons (Fsp3) is 0.333. The Hall–Kier alpha value is -2.93. The van der Waals surface area contributed by atoms with Crippen LogP contribution in [0.4, 0.5) is 0 Å². The van der Waals surface area contributed by atoms with E-state index in [1.54, 1.807) is 24.3 Å². The maximum atomic E-state index is 12.3. The Kier molecular flexibility index (Phi) is 6.81. The summed E-state index contributed by atoms with van der Waals surface area (Å²) in [6, 6.07) is 6.73. The smallest absolute Gasteiger partial charge is 0.207 e. The maximum absolute atomic E-state index is 12.3. The predicted octanol–water partition coefficient (Wildman–Crippen LogP) is 7.15. The van der Waals surface area contributed by atoms with E-state index in [1.165, 1.54) is 6.08 Å². The van der Waals surface area contributed by atoms with Crippen LogP contribution in [-0.4, -0.2) is 34.3 Å². The number of benzene rings is 2. The second kappa shape index (κ2) is 9.61. The minimum atomic E-state index is -0.404. The van der Waals surface area contributed by atoms with Crippen molar-refractivity contribution < 1.29 is 28.7 Å². The van der Waals surface area contributed by atoms with Gasteiger partial charge in [-0.1, -0.05) is 34.8 Å². The van der Waals surface area contributed by atoms with Gasteiger partial charge in [-0.3, -0.25) is 19.2 Å². The van der Waals surface area contributed by atoms with Gasteiger partial charge in [-0.2, -0.15) is 0 Å². The van der Waals surface area contributed by atoms with Crippen LogP contribution in [-0.2, 0) is 12.8 Å². The lowest BCUT2D eigenvalue weighted by Crippen LogP contribution is -2.34. The molecule has 202 valence electrons. The highest BCUT2D eigenvalue weighted by Crippen LogP contribution is 2.41. The number of fused-ring (bicyclic) bond motifs is 6. The Morgan fingerprint density at radius 3 is 1.64 bits per heavy atom. The first kappa shape index (κ1) is 27.6. The van der Waals surface area contributed by atoms with Crippen LogP contribution in [0, 0.1) is 0 Å². The van der Waals surface area contributed by atoms with Crippen molar-refractivity contribution in [3.05, 3.63) is 78.8 Å². The lowest BCUT2D eigenvalue weighted by molar-refractivity contribution is 0.0828. The number of ether oxygens (including phenoxy) is 2. The second-order valence-electron chi connectivity index (χ2n) is 11.1. The molecule has 2 aliphatic heterocycles. The first-order chi connectivity index (χ1) is 18.2. The van der Waals surface area contributed by atoms with Gasteiger partial charge in [0.15, 0.2) is 5.78 Å². The van der Waals surface area contributed by atoms with Gasteiger partial charge in [-0.25, -0.2) is 0 Å². The molecule has 0 saturated carbocycles. The van der Waals surface area contributed by atoms with Gasteiger partial charge in [0.2, 0.25) is 17.3 Å². The fourth-order valence-electron chi connectivity index (χ4n) is 5.21. The molecular weight excluding hydrogens is 563 g/mol. The molecule has 0 atom stereocenters. The van der Waals surface area contributed by atoms with Crippen LogP contribution in [0.5, 0.6) is 11.5 Å². The molecule has 6 rings (SSSR count). The quantitative estimate of drug-likeness (QED) is 0.325. The van der Waals surface area contributed by atoms with E-state index >= 15 is 0 Å². The number of hydrogen-bond acceptors (Lipinski definition) is 6. The second-order valence-corrected chi connectivity index (χ2v) is 12.3. The molecule has 2 aromatic carbocycles. The average molecular weight is 588 g/mol. The van der Waals surface area contributed by atoms with Gasteiger partial charge in [0.25, 0.3) is 0 Å². The van der Waals surface area contributed by atoms with Crippen LogP contribution < -0.4 is 9.47 Å². The molecule has 0 bridgehead atoms. The van der Waals surface area contributed by atoms with E-state index in [2.05, 4.69) is 0 Å². The van der Waals surface area contributed by atoms with Crippen molar-refractivity contribution in [1.29, 1.82) is 0 Å². The number of allylic oxidation sites excluding steroid dienone is 4. The summed E-state index contributed by atoms with van der Waals surface area (Å²) in [6.07, 6.45) is 4.15. The number of rotatable bonds is 0. The van der Waals surface area contributed by atoms with Gasteiger partial charge in [-0.05, 0) is 77.6 Å². The molecule has 0 saturated heterocycles. The van der Waals surface area contributed by atoms with E-state index in [0.717, 1.165) is 24.0 Å². The zero-order valence-electron chi connectivity index (χ0n) is 21.8. The highest BCUT2D eigenvalue weighted by atomic mass is 35.5. The topological polar surface area (TPSA) is 86.7 Å². The minimum Gasteiger partial charge on any atom is -0.488 e. The normalized spacial score (nSPS) is 20.3. The number of ketones is 4. The molecule has 6 nitrogen and oxygen atoms in total. The third kappa shape index (κ3) is 4.83. The summed E-state index contributed by atoms with van der Waals surface area (Å²) in [4.78, 5) is 48.5. The first-order valence-corrected chi connectivity index (χ1v) is 13.6. The van der Waals surface area contributed by atoms with Crippen LogP contribution in [0.2, 0.25) is 0 Å². The van der Waals surface area contributed by atoms with Gasteiger partial charge in [-0.15, -0.1) is 0 Å². The van der Waals surface area contributed by atoms with E-state index in [9.17, 15) is 19.2 Å². The third-order valence-corrected chi connectivity index (χ3v) is 8.40. The van der Waals surface area contributed by atoms with E-state index < -0.39 is 11.6 Å². The molecule has 9 heteroatoms. The van der Waals surface area contributed by atoms with Crippen molar-refractivity contribution in [3.8, 4) is 11.5 Å². The summed E-state index contributed by atoms with van der Waals surface area (Å²) in [5, 5.41) is -0.431. The zero-order valence-corrected chi connectivity index (χ0v) is 24.1. The monoisotopic (exact) mass is 586 g/mol. The highest BCUT2D eigenvalue weighted by Gasteiger charge is 2.37. The van der Waals surface area contributed by atoms with E-state index in [0.29, 0.717) is 46.6 Å². The number of halogens is 3. The first-order valence-electron chi connectivity index (χ1n) is 12.5. The number of Topliss-reactive ketones (excluding diaryl/α,β-unsaturated/α-hetero) is 3. The van der Waals surface area contributed by atoms with E-state index in [-0.39, 0.29) is 37.9 Å². The summed E-state index contributed by atoms with van der Waals surface area (Å²) in [5.74, 6) is 0.0279. The molecule has 0 aromatic heterocycles. The van der Waals surface area contributed by atoms with Crippen LogP contribution in [0.1, 0.15) is 93.1 Å². The molecule has 2 heterocycles. The van der Waals surface area contributed by atoms with Gasteiger partial charge < -0.3 is 9.47 Å². The Morgan fingerprint density at radius 1 is 0.641 bits per heavy atom. The van der Waals surface area contributed by atoms with Gasteiger partial charge in [0.05, 0.1) is 5.03 Å². The van der Waals surface area contributed by atoms with E-state index in [1.807, 2.05) is 27.7 Å². The average Bonchev–Trinajstić information content (AvgIpc) is 2.87. The van der Waals surface area contributed by atoms with Gasteiger partial charge in [0, 0.05) is 39.5 Å². The summed E-state index contributed by atoms with van der Waals surface area (Å²) in [6.45, 7) is 8.00. The summed E-state index contributed by atoms with van der Waals surface area (Å²) >= 11 is 17.5. The molecular formula is C30H25Cl3O6. The third-order valence-electron chi connectivity index (χ3n) is 7.30.